The number of benzene rings is 1. The van der Waals surface area contributed by atoms with Gasteiger partial charge in [0.2, 0.25) is 5.91 Å². The van der Waals surface area contributed by atoms with Gasteiger partial charge in [0.25, 0.3) is 0 Å². The van der Waals surface area contributed by atoms with E-state index in [-0.39, 0.29) is 11.9 Å². The van der Waals surface area contributed by atoms with Crippen LogP contribution in [0.2, 0.25) is 0 Å². The number of rotatable bonds is 5. The van der Waals surface area contributed by atoms with Crippen molar-refractivity contribution in [3.63, 3.8) is 0 Å². The van der Waals surface area contributed by atoms with Crippen molar-refractivity contribution in [2.75, 3.05) is 6.54 Å². The predicted octanol–water partition coefficient (Wildman–Crippen LogP) is 3.18. The van der Waals surface area contributed by atoms with E-state index in [1.807, 2.05) is 18.2 Å². The van der Waals surface area contributed by atoms with Gasteiger partial charge in [-0.1, -0.05) is 56.0 Å². The number of carbonyl (C=O) groups excluding carboxylic acids is 1. The fraction of sp³-hybridized carbons (Fsp3) is 0.588. The molecule has 0 spiro atoms. The molecule has 1 aliphatic carbocycles. The summed E-state index contributed by atoms with van der Waals surface area (Å²) in [6.45, 7) is 2.49. The van der Waals surface area contributed by atoms with Gasteiger partial charge in [0.15, 0.2) is 0 Å². The highest BCUT2D eigenvalue weighted by molar-refractivity contribution is 5.78. The Morgan fingerprint density at radius 1 is 1.15 bits per heavy atom. The first-order valence-electron chi connectivity index (χ1n) is 7.83. The zero-order valence-electron chi connectivity index (χ0n) is 12.4. The summed E-state index contributed by atoms with van der Waals surface area (Å²) < 4.78 is 0. The predicted molar refractivity (Wildman–Crippen MR) is 82.5 cm³/mol. The van der Waals surface area contributed by atoms with Crippen LogP contribution in [-0.4, -0.2) is 18.5 Å². The first kappa shape index (κ1) is 15.0. The van der Waals surface area contributed by atoms with Crippen molar-refractivity contribution in [2.24, 2.45) is 0 Å². The average molecular weight is 274 g/mol. The Morgan fingerprint density at radius 2 is 1.80 bits per heavy atom. The van der Waals surface area contributed by atoms with Gasteiger partial charge >= 0.3 is 0 Å². The first-order chi connectivity index (χ1) is 9.75. The number of amides is 1. The molecule has 1 aromatic rings. The quantitative estimate of drug-likeness (QED) is 0.810. The molecule has 3 nitrogen and oxygen atoms in total. The fourth-order valence-corrected chi connectivity index (χ4v) is 2.81. The molecule has 0 aromatic heterocycles. The molecule has 3 heteroatoms. The maximum atomic E-state index is 12.0. The van der Waals surface area contributed by atoms with E-state index >= 15 is 0 Å². The van der Waals surface area contributed by atoms with Gasteiger partial charge in [-0.15, -0.1) is 0 Å². The third-order valence-electron chi connectivity index (χ3n) is 4.09. The van der Waals surface area contributed by atoms with E-state index in [4.69, 9.17) is 0 Å². The molecular formula is C17H26N2O. The zero-order valence-corrected chi connectivity index (χ0v) is 12.4. The topological polar surface area (TPSA) is 41.1 Å². The molecular weight excluding hydrogens is 248 g/mol. The van der Waals surface area contributed by atoms with Crippen LogP contribution in [0, 0.1) is 0 Å². The van der Waals surface area contributed by atoms with Crippen molar-refractivity contribution in [2.45, 2.75) is 57.5 Å². The van der Waals surface area contributed by atoms with Gasteiger partial charge in [0, 0.05) is 12.1 Å². The second kappa shape index (κ2) is 8.05. The summed E-state index contributed by atoms with van der Waals surface area (Å²) in [4.78, 5) is 12.0. The van der Waals surface area contributed by atoms with Crippen LogP contribution in [0.1, 0.15) is 57.1 Å². The Labute approximate surface area is 122 Å². The molecule has 1 amide bonds. The van der Waals surface area contributed by atoms with Crippen LogP contribution < -0.4 is 10.6 Å². The fourth-order valence-electron chi connectivity index (χ4n) is 2.81. The smallest absolute Gasteiger partial charge is 0.234 e. The van der Waals surface area contributed by atoms with Crippen LogP contribution in [0.15, 0.2) is 30.3 Å². The number of hydrogen-bond donors (Lipinski definition) is 2. The highest BCUT2D eigenvalue weighted by atomic mass is 16.1. The van der Waals surface area contributed by atoms with Crippen LogP contribution >= 0.6 is 0 Å². The van der Waals surface area contributed by atoms with E-state index in [0.29, 0.717) is 12.6 Å². The molecule has 20 heavy (non-hydrogen) atoms. The zero-order chi connectivity index (χ0) is 14.2. The van der Waals surface area contributed by atoms with Crippen LogP contribution in [0.25, 0.3) is 0 Å². The standard InChI is InChI=1S/C17H26N2O/c1-14(15-9-5-4-6-10-15)18-13-17(20)19-16-11-7-2-3-8-12-16/h4-6,9-10,14,16,18H,2-3,7-8,11-13H2,1H3,(H,19,20)/t14-/m0/s1. The van der Waals surface area contributed by atoms with Gasteiger partial charge in [0.05, 0.1) is 6.54 Å². The third kappa shape index (κ3) is 4.97. The molecule has 2 N–H and O–H groups in total. The summed E-state index contributed by atoms with van der Waals surface area (Å²) in [6, 6.07) is 10.8. The van der Waals surface area contributed by atoms with Crippen molar-refractivity contribution in [1.82, 2.24) is 10.6 Å². The molecule has 0 bridgehead atoms. The van der Waals surface area contributed by atoms with Crippen LogP contribution in [0.3, 0.4) is 0 Å². The van der Waals surface area contributed by atoms with Crippen LogP contribution in [0.5, 0.6) is 0 Å². The van der Waals surface area contributed by atoms with Gasteiger partial charge in [-0.2, -0.15) is 0 Å². The molecule has 0 radical (unpaired) electrons. The molecule has 0 unspecified atom stereocenters. The highest BCUT2D eigenvalue weighted by Gasteiger charge is 2.15. The molecule has 0 saturated heterocycles. The van der Waals surface area contributed by atoms with Crippen molar-refractivity contribution < 1.29 is 4.79 Å². The number of hydrogen-bond acceptors (Lipinski definition) is 2. The first-order valence-corrected chi connectivity index (χ1v) is 7.83. The Hall–Kier alpha value is -1.35. The Kier molecular flexibility index (Phi) is 6.06. The number of nitrogens with one attached hydrogen (secondary N) is 2. The minimum atomic E-state index is 0.125. The highest BCUT2D eigenvalue weighted by Crippen LogP contribution is 2.17. The Morgan fingerprint density at radius 3 is 2.45 bits per heavy atom. The second-order valence-electron chi connectivity index (χ2n) is 5.77. The van der Waals surface area contributed by atoms with Crippen molar-refractivity contribution >= 4 is 5.91 Å². The lowest BCUT2D eigenvalue weighted by Gasteiger charge is -2.18. The van der Waals surface area contributed by atoms with Crippen molar-refractivity contribution in [3.8, 4) is 0 Å². The normalized spacial score (nSPS) is 18.2. The maximum Gasteiger partial charge on any atom is 0.234 e. The molecule has 1 saturated carbocycles. The van der Waals surface area contributed by atoms with Gasteiger partial charge in [-0.25, -0.2) is 0 Å². The SMILES string of the molecule is C[C@H](NCC(=O)NC1CCCCCC1)c1ccccc1. The van der Waals surface area contributed by atoms with Crippen molar-refractivity contribution in [3.05, 3.63) is 35.9 Å². The van der Waals surface area contributed by atoms with Gasteiger partial charge in [0.1, 0.15) is 0 Å². The van der Waals surface area contributed by atoms with E-state index in [0.717, 1.165) is 12.8 Å². The van der Waals surface area contributed by atoms with Gasteiger partial charge in [-0.05, 0) is 25.3 Å². The van der Waals surface area contributed by atoms with Crippen LogP contribution in [-0.2, 0) is 4.79 Å². The third-order valence-corrected chi connectivity index (χ3v) is 4.09. The Bertz CT molecular complexity index is 397. The summed E-state index contributed by atoms with van der Waals surface area (Å²) in [5.41, 5.74) is 1.22. The molecule has 0 aliphatic heterocycles. The molecule has 1 fully saturated rings. The summed E-state index contributed by atoms with van der Waals surface area (Å²) >= 11 is 0. The monoisotopic (exact) mass is 274 g/mol. The lowest BCUT2D eigenvalue weighted by Crippen LogP contribution is -2.40. The average Bonchev–Trinajstić information content (AvgIpc) is 2.74. The van der Waals surface area contributed by atoms with E-state index in [1.54, 1.807) is 0 Å². The van der Waals surface area contributed by atoms with Gasteiger partial charge < -0.3 is 10.6 Å². The maximum absolute atomic E-state index is 12.0. The van der Waals surface area contributed by atoms with Crippen molar-refractivity contribution in [1.29, 1.82) is 0 Å². The molecule has 1 aromatic carbocycles. The van der Waals surface area contributed by atoms with E-state index < -0.39 is 0 Å². The Balaban J connectivity index is 1.71. The molecule has 2 rings (SSSR count). The van der Waals surface area contributed by atoms with E-state index in [2.05, 4.69) is 29.7 Å². The number of carbonyl (C=O) groups is 1. The van der Waals surface area contributed by atoms with E-state index in [9.17, 15) is 4.79 Å². The molecule has 110 valence electrons. The summed E-state index contributed by atoms with van der Waals surface area (Å²) in [6.07, 6.45) is 7.41. The largest absolute Gasteiger partial charge is 0.352 e. The summed E-state index contributed by atoms with van der Waals surface area (Å²) in [7, 11) is 0. The van der Waals surface area contributed by atoms with Crippen LogP contribution in [0.4, 0.5) is 0 Å². The minimum absolute atomic E-state index is 0.125. The lowest BCUT2D eigenvalue weighted by atomic mass is 10.1. The second-order valence-corrected chi connectivity index (χ2v) is 5.77. The van der Waals surface area contributed by atoms with E-state index in [1.165, 1.54) is 31.2 Å². The summed E-state index contributed by atoms with van der Waals surface area (Å²) in [5.74, 6) is 0.125. The molecule has 1 atom stereocenters. The summed E-state index contributed by atoms with van der Waals surface area (Å²) in [5, 5.41) is 6.46. The lowest BCUT2D eigenvalue weighted by molar-refractivity contribution is -0.121. The molecule has 1 aliphatic rings. The van der Waals surface area contributed by atoms with Gasteiger partial charge in [-0.3, -0.25) is 4.79 Å². The molecule has 0 heterocycles. The minimum Gasteiger partial charge on any atom is -0.352 e.